The van der Waals surface area contributed by atoms with Crippen molar-refractivity contribution in [1.82, 2.24) is 4.98 Å². The third-order valence-corrected chi connectivity index (χ3v) is 3.01. The van der Waals surface area contributed by atoms with Crippen molar-refractivity contribution in [2.24, 2.45) is 0 Å². The van der Waals surface area contributed by atoms with Crippen molar-refractivity contribution in [1.29, 1.82) is 0 Å². The Labute approximate surface area is 110 Å². The van der Waals surface area contributed by atoms with Crippen molar-refractivity contribution in [2.75, 3.05) is 12.4 Å². The van der Waals surface area contributed by atoms with Gasteiger partial charge in [-0.25, -0.2) is 0 Å². The molecule has 0 aliphatic rings. The van der Waals surface area contributed by atoms with Crippen molar-refractivity contribution < 1.29 is 9.53 Å². The Hall–Kier alpha value is -1.65. The molecule has 1 unspecified atom stereocenters. The molecule has 0 saturated heterocycles. The third kappa shape index (κ3) is 2.44. The van der Waals surface area contributed by atoms with Gasteiger partial charge in [-0.2, -0.15) is 0 Å². The zero-order valence-electron chi connectivity index (χ0n) is 10.1. The highest BCUT2D eigenvalue weighted by Crippen LogP contribution is 2.28. The Kier molecular flexibility index (Phi) is 3.79. The van der Waals surface area contributed by atoms with Crippen molar-refractivity contribution in [2.45, 2.75) is 13.0 Å². The molecule has 2 aromatic rings. The van der Waals surface area contributed by atoms with Crippen LogP contribution in [0.1, 0.15) is 6.92 Å². The molecule has 1 aromatic carbocycles. The van der Waals surface area contributed by atoms with E-state index in [2.05, 4.69) is 10.3 Å². The Balaban J connectivity index is 2.40. The molecule has 0 fully saturated rings. The summed E-state index contributed by atoms with van der Waals surface area (Å²) in [5.41, 5.74) is 1.35. The molecule has 5 heteroatoms. The maximum absolute atomic E-state index is 11.8. The van der Waals surface area contributed by atoms with Gasteiger partial charge in [-0.05, 0) is 31.2 Å². The summed E-state index contributed by atoms with van der Waals surface area (Å²) < 4.78 is 4.97. The highest BCUT2D eigenvalue weighted by molar-refractivity contribution is 6.35. The topological polar surface area (TPSA) is 51.2 Å². The predicted molar refractivity (Wildman–Crippen MR) is 71.9 cm³/mol. The molecule has 1 heterocycles. The van der Waals surface area contributed by atoms with Gasteiger partial charge >= 0.3 is 0 Å². The van der Waals surface area contributed by atoms with Crippen LogP contribution in [0.25, 0.3) is 10.9 Å². The third-order valence-electron chi connectivity index (χ3n) is 2.70. The van der Waals surface area contributed by atoms with Gasteiger partial charge in [0.15, 0.2) is 0 Å². The minimum absolute atomic E-state index is 0.204. The Morgan fingerprint density at radius 3 is 2.94 bits per heavy atom. The van der Waals surface area contributed by atoms with Crippen LogP contribution in [-0.2, 0) is 9.53 Å². The summed E-state index contributed by atoms with van der Waals surface area (Å²) in [6.07, 6.45) is 1.16. The number of aromatic nitrogens is 1. The van der Waals surface area contributed by atoms with Crippen molar-refractivity contribution in [3.05, 3.63) is 35.5 Å². The van der Waals surface area contributed by atoms with Crippen LogP contribution in [-0.4, -0.2) is 24.1 Å². The summed E-state index contributed by atoms with van der Waals surface area (Å²) in [5, 5.41) is 4.17. The second kappa shape index (κ2) is 5.33. The molecule has 1 aromatic heterocycles. The minimum Gasteiger partial charge on any atom is -0.372 e. The van der Waals surface area contributed by atoms with Gasteiger partial charge in [0.05, 0.1) is 16.2 Å². The first-order valence-electron chi connectivity index (χ1n) is 5.50. The number of rotatable bonds is 3. The number of nitrogens with one attached hydrogen (secondary N) is 1. The number of pyridine rings is 1. The molecule has 94 valence electrons. The summed E-state index contributed by atoms with van der Waals surface area (Å²) in [7, 11) is 1.49. The number of carbonyl (C=O) groups is 1. The van der Waals surface area contributed by atoms with Gasteiger partial charge in [0.2, 0.25) is 0 Å². The average Bonchev–Trinajstić information content (AvgIpc) is 2.41. The molecular weight excluding hydrogens is 252 g/mol. The number of halogens is 1. The van der Waals surface area contributed by atoms with Gasteiger partial charge in [-0.1, -0.05) is 11.6 Å². The molecular formula is C13H13ClN2O2. The van der Waals surface area contributed by atoms with E-state index in [1.54, 1.807) is 31.3 Å². The molecule has 0 radical (unpaired) electrons. The number of amides is 1. The van der Waals surface area contributed by atoms with Crippen LogP contribution < -0.4 is 5.32 Å². The van der Waals surface area contributed by atoms with Gasteiger partial charge in [0, 0.05) is 18.7 Å². The van der Waals surface area contributed by atoms with E-state index in [-0.39, 0.29) is 5.91 Å². The van der Waals surface area contributed by atoms with Crippen molar-refractivity contribution in [3.63, 3.8) is 0 Å². The van der Waals surface area contributed by atoms with Crippen LogP contribution >= 0.6 is 11.6 Å². The van der Waals surface area contributed by atoms with Crippen LogP contribution in [0.3, 0.4) is 0 Å². The fraction of sp³-hybridized carbons (Fsp3) is 0.231. The van der Waals surface area contributed by atoms with E-state index in [9.17, 15) is 4.79 Å². The van der Waals surface area contributed by atoms with Crippen LogP contribution in [0.2, 0.25) is 5.02 Å². The van der Waals surface area contributed by atoms with E-state index in [0.29, 0.717) is 16.2 Å². The van der Waals surface area contributed by atoms with Crippen molar-refractivity contribution >= 4 is 34.1 Å². The Bertz CT molecular complexity index is 586. The maximum Gasteiger partial charge on any atom is 0.253 e. The molecule has 1 N–H and O–H groups in total. The summed E-state index contributed by atoms with van der Waals surface area (Å²) >= 11 is 6.06. The minimum atomic E-state index is -0.507. The molecule has 0 bridgehead atoms. The molecule has 0 saturated carbocycles. The first-order valence-corrected chi connectivity index (χ1v) is 5.88. The number of fused-ring (bicyclic) bond motifs is 1. The van der Waals surface area contributed by atoms with Gasteiger partial charge < -0.3 is 10.1 Å². The van der Waals surface area contributed by atoms with Crippen LogP contribution in [0.15, 0.2) is 30.5 Å². The van der Waals surface area contributed by atoms with Gasteiger partial charge in [-0.3, -0.25) is 9.78 Å². The van der Waals surface area contributed by atoms with E-state index in [4.69, 9.17) is 16.3 Å². The van der Waals surface area contributed by atoms with E-state index >= 15 is 0 Å². The van der Waals surface area contributed by atoms with Crippen LogP contribution in [0.4, 0.5) is 5.69 Å². The number of carbonyl (C=O) groups excluding carboxylic acids is 1. The normalized spacial score (nSPS) is 12.4. The van der Waals surface area contributed by atoms with Crippen LogP contribution in [0, 0.1) is 0 Å². The monoisotopic (exact) mass is 264 g/mol. The number of methoxy groups -OCH3 is 1. The molecule has 1 amide bonds. The van der Waals surface area contributed by atoms with E-state index in [1.165, 1.54) is 7.11 Å². The highest BCUT2D eigenvalue weighted by Gasteiger charge is 2.13. The highest BCUT2D eigenvalue weighted by atomic mass is 35.5. The standard InChI is InChI=1S/C13H13ClN2O2/c1-8(18-2)13(17)16-11-6-5-10(14)12-9(11)4-3-7-15-12/h3-8H,1-2H3,(H,16,17). The number of nitrogens with zero attached hydrogens (tertiary/aromatic N) is 1. The van der Waals surface area contributed by atoms with Crippen molar-refractivity contribution in [3.8, 4) is 0 Å². The first kappa shape index (κ1) is 12.8. The second-order valence-corrected chi connectivity index (χ2v) is 4.27. The van der Waals surface area contributed by atoms with E-state index < -0.39 is 6.10 Å². The van der Waals surface area contributed by atoms with Gasteiger partial charge in [0.25, 0.3) is 5.91 Å². The lowest BCUT2D eigenvalue weighted by atomic mass is 10.1. The SMILES string of the molecule is COC(C)C(=O)Nc1ccc(Cl)c2ncccc12. The zero-order valence-corrected chi connectivity index (χ0v) is 10.9. The second-order valence-electron chi connectivity index (χ2n) is 3.86. The maximum atomic E-state index is 11.8. The lowest BCUT2D eigenvalue weighted by Crippen LogP contribution is -2.26. The predicted octanol–water partition coefficient (Wildman–Crippen LogP) is 2.86. The molecule has 0 spiro atoms. The summed E-state index contributed by atoms with van der Waals surface area (Å²) in [5.74, 6) is -0.204. The smallest absolute Gasteiger partial charge is 0.253 e. The molecule has 0 aliphatic heterocycles. The van der Waals surface area contributed by atoms with E-state index in [0.717, 1.165) is 5.39 Å². The Morgan fingerprint density at radius 1 is 1.44 bits per heavy atom. The number of hydrogen-bond acceptors (Lipinski definition) is 3. The fourth-order valence-electron chi connectivity index (χ4n) is 1.59. The number of anilines is 1. The van der Waals surface area contributed by atoms with E-state index in [1.807, 2.05) is 6.07 Å². The summed E-state index contributed by atoms with van der Waals surface area (Å²) in [4.78, 5) is 16.0. The molecule has 18 heavy (non-hydrogen) atoms. The quantitative estimate of drug-likeness (QED) is 0.927. The molecule has 1 atom stereocenters. The Morgan fingerprint density at radius 2 is 2.22 bits per heavy atom. The van der Waals surface area contributed by atoms with Gasteiger partial charge in [0.1, 0.15) is 6.10 Å². The zero-order chi connectivity index (χ0) is 13.1. The number of hydrogen-bond donors (Lipinski definition) is 1. The average molecular weight is 265 g/mol. The number of ether oxygens (including phenoxy) is 1. The lowest BCUT2D eigenvalue weighted by molar-refractivity contribution is -0.124. The number of benzene rings is 1. The van der Waals surface area contributed by atoms with Crippen LogP contribution in [0.5, 0.6) is 0 Å². The summed E-state index contributed by atoms with van der Waals surface area (Å²) in [6, 6.07) is 7.13. The van der Waals surface area contributed by atoms with Gasteiger partial charge in [-0.15, -0.1) is 0 Å². The molecule has 0 aliphatic carbocycles. The largest absolute Gasteiger partial charge is 0.372 e. The molecule has 2 rings (SSSR count). The molecule has 4 nitrogen and oxygen atoms in total. The fourth-order valence-corrected chi connectivity index (χ4v) is 1.80. The lowest BCUT2D eigenvalue weighted by Gasteiger charge is -2.12. The summed E-state index contributed by atoms with van der Waals surface area (Å²) in [6.45, 7) is 1.69. The first-order chi connectivity index (χ1) is 8.63.